The van der Waals surface area contributed by atoms with E-state index >= 15 is 0 Å². The first-order chi connectivity index (χ1) is 9.48. The minimum atomic E-state index is -0.602. The van der Waals surface area contributed by atoms with E-state index in [9.17, 15) is 9.59 Å². The van der Waals surface area contributed by atoms with Gasteiger partial charge in [-0.2, -0.15) is 0 Å². The van der Waals surface area contributed by atoms with Crippen molar-refractivity contribution in [3.8, 4) is 0 Å². The predicted molar refractivity (Wildman–Crippen MR) is 76.4 cm³/mol. The van der Waals surface area contributed by atoms with Crippen molar-refractivity contribution in [3.05, 3.63) is 0 Å². The second kappa shape index (κ2) is 8.18. The number of carbonyl (C=O) groups excluding carboxylic acids is 2. The number of nitrogens with zero attached hydrogens (tertiary/aromatic N) is 1. The molecule has 0 bridgehead atoms. The fourth-order valence-corrected chi connectivity index (χ4v) is 2.10. The Morgan fingerprint density at radius 2 is 1.90 bits per heavy atom. The molecule has 0 unspecified atom stereocenters. The quantitative estimate of drug-likeness (QED) is 0.499. The first-order valence-electron chi connectivity index (χ1n) is 6.98. The third kappa shape index (κ3) is 5.07. The smallest absolute Gasteiger partial charge is 0.240 e. The van der Waals surface area contributed by atoms with Crippen LogP contribution in [0.5, 0.6) is 0 Å². The number of methoxy groups -OCH3 is 1. The van der Waals surface area contributed by atoms with E-state index in [-0.39, 0.29) is 18.4 Å². The highest BCUT2D eigenvalue weighted by Gasteiger charge is 2.35. The van der Waals surface area contributed by atoms with Crippen LogP contribution in [-0.4, -0.2) is 75.2 Å². The molecule has 116 valence electrons. The first kappa shape index (κ1) is 16.9. The van der Waals surface area contributed by atoms with Crippen LogP contribution >= 0.6 is 0 Å². The zero-order valence-electron chi connectivity index (χ0n) is 12.6. The molecular formula is C13H26N4O3. The molecule has 2 amide bonds. The van der Waals surface area contributed by atoms with E-state index in [2.05, 4.69) is 20.9 Å². The van der Waals surface area contributed by atoms with Crippen molar-refractivity contribution in [2.75, 3.05) is 53.0 Å². The molecule has 0 atom stereocenters. The number of nitrogens with one attached hydrogen (secondary N) is 3. The molecule has 0 aromatic heterocycles. The van der Waals surface area contributed by atoms with Crippen LogP contribution in [0.1, 0.15) is 13.8 Å². The van der Waals surface area contributed by atoms with Crippen molar-refractivity contribution in [1.29, 1.82) is 0 Å². The highest BCUT2D eigenvalue weighted by atomic mass is 16.5. The van der Waals surface area contributed by atoms with Crippen molar-refractivity contribution < 1.29 is 14.3 Å². The maximum Gasteiger partial charge on any atom is 0.240 e. The summed E-state index contributed by atoms with van der Waals surface area (Å²) < 4.78 is 4.84. The van der Waals surface area contributed by atoms with E-state index in [0.29, 0.717) is 13.2 Å². The number of ether oxygens (including phenoxy) is 1. The zero-order chi connectivity index (χ0) is 15.0. The summed E-state index contributed by atoms with van der Waals surface area (Å²) in [5.41, 5.74) is -0.602. The molecule has 7 nitrogen and oxygen atoms in total. The molecule has 1 rings (SSSR count). The van der Waals surface area contributed by atoms with Crippen LogP contribution in [0.15, 0.2) is 0 Å². The molecule has 0 aliphatic carbocycles. The molecule has 0 radical (unpaired) electrons. The van der Waals surface area contributed by atoms with Gasteiger partial charge in [-0.1, -0.05) is 0 Å². The van der Waals surface area contributed by atoms with Gasteiger partial charge >= 0.3 is 0 Å². The minimum Gasteiger partial charge on any atom is -0.383 e. The Morgan fingerprint density at radius 1 is 1.25 bits per heavy atom. The topological polar surface area (TPSA) is 82.7 Å². The van der Waals surface area contributed by atoms with Gasteiger partial charge in [0.05, 0.1) is 18.7 Å². The van der Waals surface area contributed by atoms with Crippen LogP contribution in [0.25, 0.3) is 0 Å². The van der Waals surface area contributed by atoms with Gasteiger partial charge in [-0.3, -0.25) is 14.5 Å². The molecule has 1 aliphatic rings. The van der Waals surface area contributed by atoms with E-state index < -0.39 is 5.54 Å². The Bertz CT molecular complexity index is 328. The fraction of sp³-hybridized carbons (Fsp3) is 0.846. The maximum absolute atomic E-state index is 12.2. The van der Waals surface area contributed by atoms with Crippen molar-refractivity contribution in [3.63, 3.8) is 0 Å². The van der Waals surface area contributed by atoms with Crippen LogP contribution < -0.4 is 16.0 Å². The van der Waals surface area contributed by atoms with Gasteiger partial charge in [-0.05, 0) is 13.8 Å². The van der Waals surface area contributed by atoms with E-state index in [4.69, 9.17) is 4.74 Å². The van der Waals surface area contributed by atoms with Gasteiger partial charge in [0.2, 0.25) is 11.8 Å². The van der Waals surface area contributed by atoms with Crippen molar-refractivity contribution in [2.45, 2.75) is 19.4 Å². The second-order valence-corrected chi connectivity index (χ2v) is 5.32. The molecule has 0 aromatic rings. The fourth-order valence-electron chi connectivity index (χ4n) is 2.10. The Balaban J connectivity index is 2.34. The van der Waals surface area contributed by atoms with E-state index in [1.54, 1.807) is 7.11 Å². The summed E-state index contributed by atoms with van der Waals surface area (Å²) in [6, 6.07) is 0. The lowest BCUT2D eigenvalue weighted by Crippen LogP contribution is -2.60. The summed E-state index contributed by atoms with van der Waals surface area (Å²) in [6.45, 7) is 8.12. The second-order valence-electron chi connectivity index (χ2n) is 5.32. The Kier molecular flexibility index (Phi) is 6.90. The molecular weight excluding hydrogens is 260 g/mol. The van der Waals surface area contributed by atoms with Gasteiger partial charge < -0.3 is 20.7 Å². The summed E-state index contributed by atoms with van der Waals surface area (Å²) in [7, 11) is 1.57. The normalized spacial score (nSPS) is 16.8. The monoisotopic (exact) mass is 286 g/mol. The Labute approximate surface area is 120 Å². The predicted octanol–water partition coefficient (Wildman–Crippen LogP) is -1.45. The summed E-state index contributed by atoms with van der Waals surface area (Å²) in [5.74, 6) is -0.326. The number of hydrogen-bond acceptors (Lipinski definition) is 5. The molecule has 1 aliphatic heterocycles. The lowest BCUT2D eigenvalue weighted by atomic mass is 10.0. The van der Waals surface area contributed by atoms with Crippen LogP contribution in [0.4, 0.5) is 0 Å². The summed E-state index contributed by atoms with van der Waals surface area (Å²) in [4.78, 5) is 25.9. The van der Waals surface area contributed by atoms with E-state index in [1.165, 1.54) is 0 Å². The van der Waals surface area contributed by atoms with Gasteiger partial charge in [-0.15, -0.1) is 0 Å². The summed E-state index contributed by atoms with van der Waals surface area (Å²) >= 11 is 0. The molecule has 1 heterocycles. The number of hydrogen-bond donors (Lipinski definition) is 3. The Morgan fingerprint density at radius 3 is 2.50 bits per heavy atom. The minimum absolute atomic E-state index is 0.00192. The maximum atomic E-state index is 12.2. The Hall–Kier alpha value is -1.18. The van der Waals surface area contributed by atoms with E-state index in [0.717, 1.165) is 26.2 Å². The third-order valence-corrected chi connectivity index (χ3v) is 3.50. The lowest BCUT2D eigenvalue weighted by molar-refractivity contribution is -0.134. The number of carbonyl (C=O) groups is 2. The zero-order valence-corrected chi connectivity index (χ0v) is 12.6. The number of rotatable bonds is 7. The highest BCUT2D eigenvalue weighted by Crippen LogP contribution is 2.14. The van der Waals surface area contributed by atoms with Gasteiger partial charge in [-0.25, -0.2) is 0 Å². The van der Waals surface area contributed by atoms with E-state index in [1.807, 2.05) is 13.8 Å². The SMILES string of the molecule is COCCNC(=O)CNC(=O)C(C)(C)N1CCNCC1. The molecule has 1 fully saturated rings. The van der Waals surface area contributed by atoms with Crippen LogP contribution in [-0.2, 0) is 14.3 Å². The largest absolute Gasteiger partial charge is 0.383 e. The molecule has 0 saturated carbocycles. The van der Waals surface area contributed by atoms with Gasteiger partial charge in [0, 0.05) is 39.8 Å². The molecule has 1 saturated heterocycles. The average molecular weight is 286 g/mol. The molecule has 0 spiro atoms. The molecule has 0 aromatic carbocycles. The van der Waals surface area contributed by atoms with Crippen LogP contribution in [0, 0.1) is 0 Å². The highest BCUT2D eigenvalue weighted by molar-refractivity contribution is 5.89. The molecule has 3 N–H and O–H groups in total. The van der Waals surface area contributed by atoms with Crippen molar-refractivity contribution in [2.24, 2.45) is 0 Å². The summed E-state index contributed by atoms with van der Waals surface area (Å²) in [5, 5.41) is 8.62. The van der Waals surface area contributed by atoms with Gasteiger partial charge in [0.15, 0.2) is 0 Å². The molecule has 7 heteroatoms. The lowest BCUT2D eigenvalue weighted by Gasteiger charge is -2.39. The van der Waals surface area contributed by atoms with Gasteiger partial charge in [0.25, 0.3) is 0 Å². The average Bonchev–Trinajstić information content (AvgIpc) is 2.46. The van der Waals surface area contributed by atoms with Gasteiger partial charge in [0.1, 0.15) is 0 Å². The van der Waals surface area contributed by atoms with Crippen molar-refractivity contribution >= 4 is 11.8 Å². The number of piperazine rings is 1. The molecule has 20 heavy (non-hydrogen) atoms. The first-order valence-corrected chi connectivity index (χ1v) is 6.98. The standard InChI is InChI=1S/C13H26N4O3/c1-13(2,17-7-4-14-5-8-17)12(19)16-10-11(18)15-6-9-20-3/h14H,4-10H2,1-3H3,(H,15,18)(H,16,19). The third-order valence-electron chi connectivity index (χ3n) is 3.50. The van der Waals surface area contributed by atoms with Crippen LogP contribution in [0.3, 0.4) is 0 Å². The van der Waals surface area contributed by atoms with Crippen molar-refractivity contribution in [1.82, 2.24) is 20.9 Å². The summed E-state index contributed by atoms with van der Waals surface area (Å²) in [6.07, 6.45) is 0. The van der Waals surface area contributed by atoms with Crippen LogP contribution in [0.2, 0.25) is 0 Å². The number of amides is 2.